The molecule has 5 heteroatoms. The summed E-state index contributed by atoms with van der Waals surface area (Å²) in [5, 5.41) is 8.59. The van der Waals surface area contributed by atoms with Gasteiger partial charge in [-0.1, -0.05) is 26.0 Å². The van der Waals surface area contributed by atoms with Crippen molar-refractivity contribution in [3.8, 4) is 0 Å². The lowest BCUT2D eigenvalue weighted by Crippen LogP contribution is -2.45. The number of carboxylic acids is 1. The van der Waals surface area contributed by atoms with E-state index in [-0.39, 0.29) is 5.91 Å². The molecule has 0 saturated heterocycles. The van der Waals surface area contributed by atoms with Crippen molar-refractivity contribution in [1.29, 1.82) is 0 Å². The molecule has 1 aromatic rings. The minimum Gasteiger partial charge on any atom is -0.481 e. The standard InChI is InChI=1S/C14H17NO3S/c1-3-8-15-10-6-4-5-7-11(10)19-12(13(15)16)9(2)14(17)18/h4-7,9,12H,3,8H2,1-2H3,(H,17,18). The molecule has 2 rings (SSSR count). The number of anilines is 1. The molecule has 0 radical (unpaired) electrons. The molecular formula is C14H17NO3S. The van der Waals surface area contributed by atoms with E-state index < -0.39 is 17.1 Å². The summed E-state index contributed by atoms with van der Waals surface area (Å²) in [5.41, 5.74) is 0.896. The fraction of sp³-hybridized carbons (Fsp3) is 0.429. The van der Waals surface area contributed by atoms with Crippen molar-refractivity contribution in [3.63, 3.8) is 0 Å². The first-order valence-corrected chi connectivity index (χ1v) is 7.24. The first-order chi connectivity index (χ1) is 9.06. The lowest BCUT2D eigenvalue weighted by molar-refractivity contribution is -0.142. The molecule has 1 aliphatic heterocycles. The van der Waals surface area contributed by atoms with E-state index in [4.69, 9.17) is 5.11 Å². The monoisotopic (exact) mass is 279 g/mol. The Bertz CT molecular complexity index is 503. The van der Waals surface area contributed by atoms with Crippen LogP contribution < -0.4 is 4.90 Å². The molecule has 1 N–H and O–H groups in total. The Balaban J connectivity index is 2.39. The number of carboxylic acid groups (broad SMARTS) is 1. The Kier molecular flexibility index (Phi) is 4.14. The van der Waals surface area contributed by atoms with Crippen LogP contribution in [0.25, 0.3) is 0 Å². The van der Waals surface area contributed by atoms with Gasteiger partial charge in [0.15, 0.2) is 0 Å². The normalized spacial score (nSPS) is 20.0. The van der Waals surface area contributed by atoms with Crippen LogP contribution in [0.2, 0.25) is 0 Å². The van der Waals surface area contributed by atoms with Crippen LogP contribution in [0.4, 0.5) is 5.69 Å². The van der Waals surface area contributed by atoms with E-state index in [2.05, 4.69) is 0 Å². The zero-order valence-corrected chi connectivity index (χ0v) is 11.8. The molecule has 0 aliphatic carbocycles. The second kappa shape index (κ2) is 5.65. The summed E-state index contributed by atoms with van der Waals surface area (Å²) in [6.07, 6.45) is 0.846. The van der Waals surface area contributed by atoms with Gasteiger partial charge < -0.3 is 10.0 Å². The van der Waals surface area contributed by atoms with Crippen LogP contribution in [0.1, 0.15) is 20.3 Å². The maximum atomic E-state index is 12.5. The van der Waals surface area contributed by atoms with Crippen LogP contribution in [0, 0.1) is 5.92 Å². The van der Waals surface area contributed by atoms with Gasteiger partial charge in [0.1, 0.15) is 5.25 Å². The molecule has 1 aliphatic rings. The topological polar surface area (TPSA) is 57.6 Å². The minimum absolute atomic E-state index is 0.0968. The molecule has 1 aromatic carbocycles. The molecule has 0 aromatic heterocycles. The minimum atomic E-state index is -0.929. The maximum Gasteiger partial charge on any atom is 0.307 e. The van der Waals surface area contributed by atoms with E-state index in [1.54, 1.807) is 11.8 Å². The second-order valence-electron chi connectivity index (χ2n) is 4.62. The van der Waals surface area contributed by atoms with E-state index in [0.717, 1.165) is 17.0 Å². The lowest BCUT2D eigenvalue weighted by Gasteiger charge is -2.34. The summed E-state index contributed by atoms with van der Waals surface area (Å²) in [4.78, 5) is 26.3. The van der Waals surface area contributed by atoms with Crippen LogP contribution in [0.3, 0.4) is 0 Å². The molecule has 2 atom stereocenters. The molecule has 0 saturated carbocycles. The van der Waals surface area contributed by atoms with Gasteiger partial charge in [-0.25, -0.2) is 0 Å². The number of nitrogens with zero attached hydrogens (tertiary/aromatic N) is 1. The van der Waals surface area contributed by atoms with Crippen molar-refractivity contribution in [2.45, 2.75) is 30.4 Å². The SMILES string of the molecule is CCCN1C(=O)C(C(C)C(=O)O)Sc2ccccc21. The number of benzene rings is 1. The average molecular weight is 279 g/mol. The highest BCUT2D eigenvalue weighted by atomic mass is 32.2. The largest absolute Gasteiger partial charge is 0.481 e. The van der Waals surface area contributed by atoms with Gasteiger partial charge >= 0.3 is 5.97 Å². The summed E-state index contributed by atoms with van der Waals surface area (Å²) < 4.78 is 0. The van der Waals surface area contributed by atoms with Gasteiger partial charge in [-0.2, -0.15) is 0 Å². The highest BCUT2D eigenvalue weighted by molar-refractivity contribution is 8.01. The van der Waals surface area contributed by atoms with E-state index in [0.29, 0.717) is 6.54 Å². The molecule has 102 valence electrons. The number of aliphatic carboxylic acids is 1. The summed E-state index contributed by atoms with van der Waals surface area (Å²) in [6.45, 7) is 4.22. The lowest BCUT2D eigenvalue weighted by atomic mass is 10.1. The number of hydrogen-bond donors (Lipinski definition) is 1. The molecule has 2 unspecified atom stereocenters. The quantitative estimate of drug-likeness (QED) is 0.920. The zero-order valence-electron chi connectivity index (χ0n) is 11.0. The number of fused-ring (bicyclic) bond motifs is 1. The predicted molar refractivity (Wildman–Crippen MR) is 75.5 cm³/mol. The van der Waals surface area contributed by atoms with Gasteiger partial charge in [0.05, 0.1) is 11.6 Å². The number of thioether (sulfide) groups is 1. The van der Waals surface area contributed by atoms with Crippen LogP contribution in [0.5, 0.6) is 0 Å². The maximum absolute atomic E-state index is 12.5. The average Bonchev–Trinajstić information content (AvgIpc) is 2.41. The van der Waals surface area contributed by atoms with Gasteiger partial charge in [0.2, 0.25) is 5.91 Å². The highest BCUT2D eigenvalue weighted by Crippen LogP contribution is 2.41. The molecule has 1 heterocycles. The van der Waals surface area contributed by atoms with Gasteiger partial charge in [-0.3, -0.25) is 9.59 Å². The van der Waals surface area contributed by atoms with Crippen LogP contribution in [0.15, 0.2) is 29.2 Å². The van der Waals surface area contributed by atoms with E-state index >= 15 is 0 Å². The van der Waals surface area contributed by atoms with Crippen molar-refractivity contribution in [2.75, 3.05) is 11.4 Å². The Morgan fingerprint density at radius 1 is 1.47 bits per heavy atom. The smallest absolute Gasteiger partial charge is 0.307 e. The molecule has 0 bridgehead atoms. The van der Waals surface area contributed by atoms with Gasteiger partial charge in [-0.15, -0.1) is 11.8 Å². The molecule has 4 nitrogen and oxygen atoms in total. The molecule has 19 heavy (non-hydrogen) atoms. The summed E-state index contributed by atoms with van der Waals surface area (Å²) in [6, 6.07) is 7.67. The molecule has 1 amide bonds. The predicted octanol–water partition coefficient (Wildman–Crippen LogP) is 2.62. The molecular weight excluding hydrogens is 262 g/mol. The number of para-hydroxylation sites is 1. The summed E-state index contributed by atoms with van der Waals surface area (Å²) in [7, 11) is 0. The number of carbonyl (C=O) groups is 2. The second-order valence-corrected chi connectivity index (χ2v) is 5.81. The Labute approximate surface area is 116 Å². The zero-order chi connectivity index (χ0) is 14.0. The third kappa shape index (κ3) is 2.61. The summed E-state index contributed by atoms with van der Waals surface area (Å²) in [5.74, 6) is -1.72. The molecule has 0 fully saturated rings. The van der Waals surface area contributed by atoms with Crippen molar-refractivity contribution in [3.05, 3.63) is 24.3 Å². The van der Waals surface area contributed by atoms with Crippen molar-refractivity contribution >= 4 is 29.3 Å². The highest BCUT2D eigenvalue weighted by Gasteiger charge is 2.38. The Morgan fingerprint density at radius 2 is 2.16 bits per heavy atom. The van der Waals surface area contributed by atoms with Crippen molar-refractivity contribution in [1.82, 2.24) is 0 Å². The third-order valence-corrected chi connectivity index (χ3v) is 4.67. The van der Waals surface area contributed by atoms with Crippen molar-refractivity contribution < 1.29 is 14.7 Å². The fourth-order valence-electron chi connectivity index (χ4n) is 2.14. The van der Waals surface area contributed by atoms with E-state index in [1.165, 1.54) is 11.8 Å². The Hall–Kier alpha value is -1.49. The van der Waals surface area contributed by atoms with E-state index in [9.17, 15) is 9.59 Å². The third-order valence-electron chi connectivity index (χ3n) is 3.21. The van der Waals surface area contributed by atoms with Crippen LogP contribution >= 0.6 is 11.8 Å². The van der Waals surface area contributed by atoms with Gasteiger partial charge in [0.25, 0.3) is 0 Å². The number of hydrogen-bond acceptors (Lipinski definition) is 3. The van der Waals surface area contributed by atoms with Gasteiger partial charge in [-0.05, 0) is 18.6 Å². The van der Waals surface area contributed by atoms with Crippen molar-refractivity contribution in [2.24, 2.45) is 5.92 Å². The van der Waals surface area contributed by atoms with Crippen LogP contribution in [-0.2, 0) is 9.59 Å². The van der Waals surface area contributed by atoms with E-state index in [1.807, 2.05) is 31.2 Å². The Morgan fingerprint density at radius 3 is 2.79 bits per heavy atom. The number of amides is 1. The number of carbonyl (C=O) groups excluding carboxylic acids is 1. The first kappa shape index (κ1) is 13.9. The van der Waals surface area contributed by atoms with Gasteiger partial charge in [0, 0.05) is 11.4 Å². The van der Waals surface area contributed by atoms with Crippen LogP contribution in [-0.4, -0.2) is 28.8 Å². The number of rotatable bonds is 4. The molecule has 0 spiro atoms. The first-order valence-electron chi connectivity index (χ1n) is 6.36. The fourth-order valence-corrected chi connectivity index (χ4v) is 3.42. The summed E-state index contributed by atoms with van der Waals surface area (Å²) >= 11 is 1.36.